The number of hydrogen-bond acceptors (Lipinski definition) is 4. The van der Waals surface area contributed by atoms with E-state index in [9.17, 15) is 4.79 Å². The molecule has 0 aliphatic carbocycles. The lowest BCUT2D eigenvalue weighted by atomic mass is 10.1. The number of carbonyl (C=O) groups excluding carboxylic acids is 1. The minimum Gasteiger partial charge on any atom is -0.381 e. The van der Waals surface area contributed by atoms with Gasteiger partial charge in [0, 0.05) is 26.3 Å². The number of ether oxygens (including phenoxy) is 1. The Bertz CT molecular complexity index is 507. The van der Waals surface area contributed by atoms with Crippen LogP contribution in [0.15, 0.2) is 30.3 Å². The maximum absolute atomic E-state index is 12.6. The molecule has 0 bridgehead atoms. The highest BCUT2D eigenvalue weighted by Crippen LogP contribution is 2.06. The molecule has 0 saturated heterocycles. The molecule has 0 saturated carbocycles. The molecule has 0 heterocycles. The first-order chi connectivity index (χ1) is 14.3. The van der Waals surface area contributed by atoms with E-state index in [0.717, 1.165) is 38.7 Å². The standard InChI is InChI=1S/C24H43N3O2.2ClH/c1-2-3-4-5-6-12-19-29-20-13-18-26-24(28)23(16-10-11-17-25)27-21-22-14-8-7-9-15-22;;/h7-9,14-15,23,27H,2-6,10-13,16-21,25H2,1H3,(H,26,28);2*1H. The predicted octanol–water partition coefficient (Wildman–Crippen LogP) is 5.00. The monoisotopic (exact) mass is 477 g/mol. The lowest BCUT2D eigenvalue weighted by Gasteiger charge is -2.18. The highest BCUT2D eigenvalue weighted by Gasteiger charge is 2.16. The number of nitrogens with two attached hydrogens (primary N) is 1. The van der Waals surface area contributed by atoms with Crippen molar-refractivity contribution in [3.63, 3.8) is 0 Å². The first-order valence-corrected chi connectivity index (χ1v) is 11.6. The molecule has 31 heavy (non-hydrogen) atoms. The molecule has 5 nitrogen and oxygen atoms in total. The van der Waals surface area contributed by atoms with Crippen molar-refractivity contribution >= 4 is 30.7 Å². The average molecular weight is 479 g/mol. The number of benzene rings is 1. The molecule has 0 radical (unpaired) electrons. The molecule has 1 amide bonds. The third-order valence-electron chi connectivity index (χ3n) is 5.07. The van der Waals surface area contributed by atoms with Gasteiger partial charge < -0.3 is 21.1 Å². The molecule has 0 aliphatic rings. The van der Waals surface area contributed by atoms with Crippen LogP contribution in [0.3, 0.4) is 0 Å². The first kappa shape index (κ1) is 32.3. The van der Waals surface area contributed by atoms with Crippen LogP contribution in [0.5, 0.6) is 0 Å². The summed E-state index contributed by atoms with van der Waals surface area (Å²) in [4.78, 5) is 12.6. The summed E-state index contributed by atoms with van der Waals surface area (Å²) in [5.74, 6) is 0.0777. The van der Waals surface area contributed by atoms with Crippen LogP contribution in [0.1, 0.15) is 76.7 Å². The largest absolute Gasteiger partial charge is 0.381 e. The van der Waals surface area contributed by atoms with E-state index in [0.29, 0.717) is 26.2 Å². The molecule has 4 N–H and O–H groups in total. The smallest absolute Gasteiger partial charge is 0.237 e. The summed E-state index contributed by atoms with van der Waals surface area (Å²) < 4.78 is 5.69. The molecule has 0 aliphatic heterocycles. The summed E-state index contributed by atoms with van der Waals surface area (Å²) >= 11 is 0. The Morgan fingerprint density at radius 2 is 1.61 bits per heavy atom. The zero-order valence-corrected chi connectivity index (χ0v) is 20.9. The van der Waals surface area contributed by atoms with Gasteiger partial charge in [-0.2, -0.15) is 0 Å². The Balaban J connectivity index is 0. The molecule has 1 rings (SSSR count). The van der Waals surface area contributed by atoms with Gasteiger partial charge in [-0.3, -0.25) is 4.79 Å². The molecule has 1 unspecified atom stereocenters. The third-order valence-corrected chi connectivity index (χ3v) is 5.07. The van der Waals surface area contributed by atoms with Crippen molar-refractivity contribution in [2.45, 2.75) is 83.7 Å². The van der Waals surface area contributed by atoms with Crippen molar-refractivity contribution in [2.75, 3.05) is 26.3 Å². The molecular weight excluding hydrogens is 433 g/mol. The molecule has 1 aromatic carbocycles. The molecule has 0 aromatic heterocycles. The highest BCUT2D eigenvalue weighted by molar-refractivity contribution is 5.85. The normalized spacial score (nSPS) is 11.3. The summed E-state index contributed by atoms with van der Waals surface area (Å²) in [5, 5.41) is 6.46. The van der Waals surface area contributed by atoms with Gasteiger partial charge in [0.2, 0.25) is 5.91 Å². The van der Waals surface area contributed by atoms with E-state index in [-0.39, 0.29) is 36.8 Å². The fraction of sp³-hybridized carbons (Fsp3) is 0.708. The van der Waals surface area contributed by atoms with Crippen molar-refractivity contribution in [3.05, 3.63) is 35.9 Å². The molecule has 0 spiro atoms. The fourth-order valence-electron chi connectivity index (χ4n) is 3.25. The van der Waals surface area contributed by atoms with E-state index in [1.54, 1.807) is 0 Å². The van der Waals surface area contributed by atoms with Crippen LogP contribution in [-0.4, -0.2) is 38.3 Å². The van der Waals surface area contributed by atoms with E-state index >= 15 is 0 Å². The Morgan fingerprint density at radius 1 is 0.935 bits per heavy atom. The van der Waals surface area contributed by atoms with E-state index in [4.69, 9.17) is 10.5 Å². The Morgan fingerprint density at radius 3 is 2.32 bits per heavy atom. The van der Waals surface area contributed by atoms with Gasteiger partial charge in [-0.1, -0.05) is 75.8 Å². The van der Waals surface area contributed by atoms with E-state index in [1.165, 1.54) is 37.7 Å². The second kappa shape index (κ2) is 23.8. The quantitative estimate of drug-likeness (QED) is 0.245. The molecule has 0 fully saturated rings. The minimum absolute atomic E-state index is 0. The summed E-state index contributed by atoms with van der Waals surface area (Å²) in [7, 11) is 0. The zero-order chi connectivity index (χ0) is 21.0. The van der Waals surface area contributed by atoms with Gasteiger partial charge in [-0.25, -0.2) is 0 Å². The number of rotatable bonds is 19. The maximum Gasteiger partial charge on any atom is 0.237 e. The lowest BCUT2D eigenvalue weighted by Crippen LogP contribution is -2.44. The Kier molecular flexibility index (Phi) is 24.8. The molecule has 1 aromatic rings. The van der Waals surface area contributed by atoms with Crippen molar-refractivity contribution in [3.8, 4) is 0 Å². The third kappa shape index (κ3) is 18.4. The van der Waals surface area contributed by atoms with E-state index in [1.807, 2.05) is 18.2 Å². The Labute approximate surface area is 202 Å². The number of hydrogen-bond donors (Lipinski definition) is 3. The average Bonchev–Trinajstić information content (AvgIpc) is 2.75. The van der Waals surface area contributed by atoms with Crippen LogP contribution >= 0.6 is 24.8 Å². The van der Waals surface area contributed by atoms with Gasteiger partial charge in [0.1, 0.15) is 0 Å². The zero-order valence-electron chi connectivity index (χ0n) is 19.3. The molecule has 182 valence electrons. The first-order valence-electron chi connectivity index (χ1n) is 11.6. The van der Waals surface area contributed by atoms with Crippen LogP contribution in [-0.2, 0) is 16.1 Å². The predicted molar refractivity (Wildman–Crippen MR) is 136 cm³/mol. The summed E-state index contributed by atoms with van der Waals surface area (Å²) in [5.41, 5.74) is 6.79. The highest BCUT2D eigenvalue weighted by atomic mass is 35.5. The second-order valence-corrected chi connectivity index (χ2v) is 7.73. The van der Waals surface area contributed by atoms with Crippen molar-refractivity contribution in [2.24, 2.45) is 5.73 Å². The lowest BCUT2D eigenvalue weighted by molar-refractivity contribution is -0.123. The fourth-order valence-corrected chi connectivity index (χ4v) is 3.25. The summed E-state index contributed by atoms with van der Waals surface area (Å²) in [6, 6.07) is 10.0. The number of halogens is 2. The molecule has 1 atom stereocenters. The van der Waals surface area contributed by atoms with Crippen molar-refractivity contribution in [1.82, 2.24) is 10.6 Å². The van der Waals surface area contributed by atoms with E-state index in [2.05, 4.69) is 29.7 Å². The van der Waals surface area contributed by atoms with Gasteiger partial charge in [-0.15, -0.1) is 24.8 Å². The van der Waals surface area contributed by atoms with Crippen LogP contribution in [0, 0.1) is 0 Å². The van der Waals surface area contributed by atoms with Crippen molar-refractivity contribution < 1.29 is 9.53 Å². The van der Waals surface area contributed by atoms with Gasteiger partial charge in [0.15, 0.2) is 0 Å². The van der Waals surface area contributed by atoms with Gasteiger partial charge >= 0.3 is 0 Å². The van der Waals surface area contributed by atoms with Gasteiger partial charge in [0.05, 0.1) is 6.04 Å². The van der Waals surface area contributed by atoms with E-state index < -0.39 is 0 Å². The number of unbranched alkanes of at least 4 members (excludes halogenated alkanes) is 6. The minimum atomic E-state index is -0.175. The van der Waals surface area contributed by atoms with Crippen LogP contribution in [0.4, 0.5) is 0 Å². The number of carbonyl (C=O) groups is 1. The summed E-state index contributed by atoms with van der Waals surface area (Å²) in [6.07, 6.45) is 11.3. The number of nitrogens with one attached hydrogen (secondary N) is 2. The molecular formula is C24H45Cl2N3O2. The number of amides is 1. The molecule has 7 heteroatoms. The Hall–Kier alpha value is -0.850. The van der Waals surface area contributed by atoms with Gasteiger partial charge in [0.25, 0.3) is 0 Å². The SMILES string of the molecule is CCCCCCCCOCCCNC(=O)C(CCCCN)NCc1ccccc1.Cl.Cl. The maximum atomic E-state index is 12.6. The van der Waals surface area contributed by atoms with Crippen LogP contribution in [0.25, 0.3) is 0 Å². The van der Waals surface area contributed by atoms with Gasteiger partial charge in [-0.05, 0) is 37.8 Å². The topological polar surface area (TPSA) is 76.4 Å². The van der Waals surface area contributed by atoms with Crippen LogP contribution in [0.2, 0.25) is 0 Å². The second-order valence-electron chi connectivity index (χ2n) is 7.73. The van der Waals surface area contributed by atoms with Crippen molar-refractivity contribution in [1.29, 1.82) is 0 Å². The van der Waals surface area contributed by atoms with Crippen LogP contribution < -0.4 is 16.4 Å². The summed E-state index contributed by atoms with van der Waals surface area (Å²) in [6.45, 7) is 5.82.